The number of hydrogen-bond donors (Lipinski definition) is 1. The number of pyridine rings is 1. The van der Waals surface area contributed by atoms with Crippen molar-refractivity contribution in [3.8, 4) is 5.75 Å². The Labute approximate surface area is 140 Å². The van der Waals surface area contributed by atoms with Crippen molar-refractivity contribution in [3.05, 3.63) is 71.9 Å². The van der Waals surface area contributed by atoms with E-state index in [0.717, 1.165) is 27.8 Å². The highest BCUT2D eigenvalue weighted by molar-refractivity contribution is 5.79. The molecule has 122 valence electrons. The van der Waals surface area contributed by atoms with Gasteiger partial charge in [-0.1, -0.05) is 30.3 Å². The molecule has 2 aromatic carbocycles. The zero-order valence-electron chi connectivity index (χ0n) is 13.3. The number of methoxy groups -OCH3 is 1. The Morgan fingerprint density at radius 3 is 2.67 bits per heavy atom. The molecule has 1 amide bonds. The molecule has 0 spiro atoms. The first-order chi connectivity index (χ1) is 11.7. The summed E-state index contributed by atoms with van der Waals surface area (Å²) >= 11 is 0. The van der Waals surface area contributed by atoms with Gasteiger partial charge in [-0.3, -0.25) is 4.98 Å². The molecule has 0 fully saturated rings. The second-order valence-corrected chi connectivity index (χ2v) is 5.43. The van der Waals surface area contributed by atoms with Gasteiger partial charge in [0.2, 0.25) is 0 Å². The molecule has 3 rings (SSSR count). The van der Waals surface area contributed by atoms with Crippen molar-refractivity contribution in [1.82, 2.24) is 4.98 Å². The summed E-state index contributed by atoms with van der Waals surface area (Å²) in [4.78, 5) is 15.6. The quantitative estimate of drug-likeness (QED) is 0.778. The number of carbonyl (C=O) groups is 1. The van der Waals surface area contributed by atoms with Crippen molar-refractivity contribution in [2.45, 2.75) is 12.5 Å². The third-order valence-corrected chi connectivity index (χ3v) is 3.84. The zero-order valence-corrected chi connectivity index (χ0v) is 13.3. The van der Waals surface area contributed by atoms with Gasteiger partial charge in [0, 0.05) is 18.0 Å². The lowest BCUT2D eigenvalue weighted by molar-refractivity contribution is 0.107. The molecule has 5 heteroatoms. The van der Waals surface area contributed by atoms with E-state index in [1.165, 1.54) is 0 Å². The van der Waals surface area contributed by atoms with E-state index in [9.17, 15) is 4.79 Å². The average molecular weight is 322 g/mol. The van der Waals surface area contributed by atoms with Gasteiger partial charge in [0.1, 0.15) is 11.9 Å². The molecule has 0 saturated heterocycles. The third-order valence-electron chi connectivity index (χ3n) is 3.84. The second kappa shape index (κ2) is 7.00. The summed E-state index contributed by atoms with van der Waals surface area (Å²) in [6.45, 7) is 0. The van der Waals surface area contributed by atoms with Crippen LogP contribution in [0.25, 0.3) is 10.9 Å². The van der Waals surface area contributed by atoms with Crippen LogP contribution in [0.15, 0.2) is 60.8 Å². The van der Waals surface area contributed by atoms with Crippen LogP contribution in [0, 0.1) is 0 Å². The second-order valence-electron chi connectivity index (χ2n) is 5.43. The molecule has 1 heterocycles. The molecule has 1 aromatic heterocycles. The van der Waals surface area contributed by atoms with Crippen molar-refractivity contribution >= 4 is 17.0 Å². The van der Waals surface area contributed by atoms with Gasteiger partial charge in [-0.05, 0) is 35.4 Å². The molecule has 5 nitrogen and oxygen atoms in total. The molecule has 0 aliphatic heterocycles. The number of fused-ring (bicyclic) bond motifs is 1. The van der Waals surface area contributed by atoms with E-state index < -0.39 is 12.2 Å². The van der Waals surface area contributed by atoms with Crippen LogP contribution >= 0.6 is 0 Å². The highest BCUT2D eigenvalue weighted by atomic mass is 16.6. The fraction of sp³-hybridized carbons (Fsp3) is 0.158. The van der Waals surface area contributed by atoms with Gasteiger partial charge in [-0.25, -0.2) is 4.79 Å². The maximum Gasteiger partial charge on any atom is 0.405 e. The van der Waals surface area contributed by atoms with Crippen LogP contribution < -0.4 is 10.5 Å². The van der Waals surface area contributed by atoms with E-state index in [0.29, 0.717) is 6.42 Å². The summed E-state index contributed by atoms with van der Waals surface area (Å²) in [5.41, 5.74) is 7.97. The van der Waals surface area contributed by atoms with Crippen LogP contribution in [0.2, 0.25) is 0 Å². The van der Waals surface area contributed by atoms with Crippen molar-refractivity contribution in [2.75, 3.05) is 7.11 Å². The molecule has 0 saturated carbocycles. The molecular formula is C19H18N2O3. The summed E-state index contributed by atoms with van der Waals surface area (Å²) < 4.78 is 10.5. The Morgan fingerprint density at radius 2 is 1.96 bits per heavy atom. The van der Waals surface area contributed by atoms with Crippen molar-refractivity contribution < 1.29 is 14.3 Å². The average Bonchev–Trinajstić information content (AvgIpc) is 2.61. The van der Waals surface area contributed by atoms with Gasteiger partial charge in [0.25, 0.3) is 0 Å². The van der Waals surface area contributed by atoms with E-state index >= 15 is 0 Å². The molecule has 3 aromatic rings. The van der Waals surface area contributed by atoms with Crippen LogP contribution in [0.5, 0.6) is 5.75 Å². The van der Waals surface area contributed by atoms with Gasteiger partial charge in [0.05, 0.1) is 12.6 Å². The fourth-order valence-electron chi connectivity index (χ4n) is 2.63. The standard InChI is InChI=1S/C19H18N2O3/c1-23-16-8-4-13(5-9-16)11-18(24-19(20)22)15-7-6-14-3-2-10-21-17(14)12-15/h2-10,12,18H,11H2,1H3,(H2,20,22). The largest absolute Gasteiger partial charge is 0.497 e. The maximum absolute atomic E-state index is 11.3. The number of nitrogens with two attached hydrogens (primary N) is 1. The molecule has 0 radical (unpaired) electrons. The van der Waals surface area contributed by atoms with E-state index in [-0.39, 0.29) is 0 Å². The SMILES string of the molecule is COc1ccc(CC(OC(N)=O)c2ccc3cccnc3c2)cc1. The lowest BCUT2D eigenvalue weighted by atomic mass is 10.00. The number of primary amides is 1. The number of rotatable bonds is 5. The third kappa shape index (κ3) is 3.63. The molecule has 1 unspecified atom stereocenters. The first-order valence-corrected chi connectivity index (χ1v) is 7.59. The smallest absolute Gasteiger partial charge is 0.405 e. The number of ether oxygens (including phenoxy) is 2. The minimum atomic E-state index is -0.797. The fourth-order valence-corrected chi connectivity index (χ4v) is 2.63. The first-order valence-electron chi connectivity index (χ1n) is 7.59. The van der Waals surface area contributed by atoms with E-state index in [1.54, 1.807) is 13.3 Å². The highest BCUT2D eigenvalue weighted by Crippen LogP contribution is 2.26. The van der Waals surface area contributed by atoms with E-state index in [4.69, 9.17) is 15.2 Å². The Hall–Kier alpha value is -3.08. The van der Waals surface area contributed by atoms with E-state index in [2.05, 4.69) is 4.98 Å². The topological polar surface area (TPSA) is 74.4 Å². The number of aromatic nitrogens is 1. The molecule has 0 aliphatic carbocycles. The van der Waals surface area contributed by atoms with Gasteiger partial charge < -0.3 is 15.2 Å². The van der Waals surface area contributed by atoms with Crippen molar-refractivity contribution in [2.24, 2.45) is 5.73 Å². The minimum absolute atomic E-state index is 0.470. The van der Waals surface area contributed by atoms with Crippen LogP contribution in [-0.4, -0.2) is 18.2 Å². The number of amides is 1. The maximum atomic E-state index is 11.3. The summed E-state index contributed by atoms with van der Waals surface area (Å²) in [6.07, 6.45) is 0.988. The monoisotopic (exact) mass is 322 g/mol. The van der Waals surface area contributed by atoms with Gasteiger partial charge in [0.15, 0.2) is 0 Å². The Kier molecular flexibility index (Phi) is 4.61. The number of benzene rings is 2. The van der Waals surface area contributed by atoms with Crippen molar-refractivity contribution in [3.63, 3.8) is 0 Å². The van der Waals surface area contributed by atoms with Gasteiger partial charge in [-0.15, -0.1) is 0 Å². The summed E-state index contributed by atoms with van der Waals surface area (Å²) in [5.74, 6) is 0.779. The molecular weight excluding hydrogens is 304 g/mol. The highest BCUT2D eigenvalue weighted by Gasteiger charge is 2.17. The molecule has 0 aliphatic rings. The van der Waals surface area contributed by atoms with Gasteiger partial charge >= 0.3 is 6.09 Å². The molecule has 0 bridgehead atoms. The molecule has 1 atom stereocenters. The van der Waals surface area contributed by atoms with Gasteiger partial charge in [-0.2, -0.15) is 0 Å². The summed E-state index contributed by atoms with van der Waals surface area (Å²) in [5, 5.41) is 1.03. The van der Waals surface area contributed by atoms with Crippen LogP contribution in [0.3, 0.4) is 0 Å². The van der Waals surface area contributed by atoms with Crippen LogP contribution in [0.4, 0.5) is 4.79 Å². The number of hydrogen-bond acceptors (Lipinski definition) is 4. The molecule has 2 N–H and O–H groups in total. The van der Waals surface area contributed by atoms with Crippen molar-refractivity contribution in [1.29, 1.82) is 0 Å². The summed E-state index contributed by atoms with van der Waals surface area (Å²) in [7, 11) is 1.62. The number of nitrogens with zero attached hydrogens (tertiary/aromatic N) is 1. The van der Waals surface area contributed by atoms with Crippen LogP contribution in [-0.2, 0) is 11.2 Å². The lowest BCUT2D eigenvalue weighted by Crippen LogP contribution is -2.19. The lowest BCUT2D eigenvalue weighted by Gasteiger charge is -2.18. The molecule has 24 heavy (non-hydrogen) atoms. The Morgan fingerprint density at radius 1 is 1.17 bits per heavy atom. The van der Waals surface area contributed by atoms with Crippen LogP contribution in [0.1, 0.15) is 17.2 Å². The number of carbonyl (C=O) groups excluding carboxylic acids is 1. The Balaban J connectivity index is 1.90. The first kappa shape index (κ1) is 15.8. The van der Waals surface area contributed by atoms with E-state index in [1.807, 2.05) is 54.6 Å². The predicted molar refractivity (Wildman–Crippen MR) is 91.9 cm³/mol. The predicted octanol–water partition coefficient (Wildman–Crippen LogP) is 3.62. The normalized spacial score (nSPS) is 11.9. The minimum Gasteiger partial charge on any atom is -0.497 e. The Bertz CT molecular complexity index is 847. The zero-order chi connectivity index (χ0) is 16.9. The summed E-state index contributed by atoms with van der Waals surface area (Å²) in [6, 6.07) is 17.3.